The highest BCUT2D eigenvalue weighted by Gasteiger charge is 2.20. The van der Waals surface area contributed by atoms with Gasteiger partial charge in [-0.15, -0.1) is 0 Å². The number of benzene rings is 5. The summed E-state index contributed by atoms with van der Waals surface area (Å²) in [5, 5.41) is 15.5. The van der Waals surface area contributed by atoms with Gasteiger partial charge in [-0.1, -0.05) is 109 Å². The van der Waals surface area contributed by atoms with E-state index in [1.165, 1.54) is 0 Å². The molecular weight excluding hydrogens is 504 g/mol. The van der Waals surface area contributed by atoms with Gasteiger partial charge in [0.15, 0.2) is 17.5 Å². The highest BCUT2D eigenvalue weighted by atomic mass is 15.3. The van der Waals surface area contributed by atoms with Crippen molar-refractivity contribution >= 4 is 34.0 Å². The van der Waals surface area contributed by atoms with Gasteiger partial charge in [-0.3, -0.25) is 10.8 Å². The van der Waals surface area contributed by atoms with Gasteiger partial charge in [0.05, 0.1) is 11.4 Å². The number of hydrazone groups is 1. The van der Waals surface area contributed by atoms with Gasteiger partial charge in [0.2, 0.25) is 0 Å². The number of rotatable bonds is 5. The van der Waals surface area contributed by atoms with E-state index in [1.807, 2.05) is 121 Å². The fourth-order valence-corrected chi connectivity index (χ4v) is 4.95. The highest BCUT2D eigenvalue weighted by Crippen LogP contribution is 2.31. The Labute approximate surface area is 237 Å². The summed E-state index contributed by atoms with van der Waals surface area (Å²) in [6.45, 7) is 0. The Morgan fingerprint density at radius 3 is 1.78 bits per heavy atom. The molecule has 6 heteroatoms. The first-order chi connectivity index (χ1) is 20.2. The predicted molar refractivity (Wildman–Crippen MR) is 167 cm³/mol. The van der Waals surface area contributed by atoms with Crippen LogP contribution in [-0.4, -0.2) is 26.4 Å². The van der Waals surface area contributed by atoms with E-state index < -0.39 is 0 Å². The summed E-state index contributed by atoms with van der Waals surface area (Å²) >= 11 is 0. The van der Waals surface area contributed by atoms with Gasteiger partial charge in [0.25, 0.3) is 0 Å². The maximum Gasteiger partial charge on any atom is 0.164 e. The molecule has 0 saturated heterocycles. The van der Waals surface area contributed by atoms with Crippen LogP contribution in [0, 0.1) is 5.41 Å². The zero-order valence-corrected chi connectivity index (χ0v) is 22.0. The summed E-state index contributed by atoms with van der Waals surface area (Å²) in [5.41, 5.74) is 9.48. The number of para-hydroxylation sites is 1. The molecule has 2 N–H and O–H groups in total. The van der Waals surface area contributed by atoms with E-state index in [9.17, 15) is 0 Å². The van der Waals surface area contributed by atoms with Crippen LogP contribution in [0.15, 0.2) is 133 Å². The molecule has 1 aliphatic carbocycles. The fourth-order valence-electron chi connectivity index (χ4n) is 4.95. The Morgan fingerprint density at radius 2 is 1.15 bits per heavy atom. The molecule has 0 fully saturated rings. The van der Waals surface area contributed by atoms with Gasteiger partial charge >= 0.3 is 0 Å². The number of allylic oxidation sites excluding steroid dienone is 1. The van der Waals surface area contributed by atoms with Crippen LogP contribution in [0.4, 0.5) is 5.69 Å². The summed E-state index contributed by atoms with van der Waals surface area (Å²) in [6.07, 6.45) is 3.89. The average Bonchev–Trinajstić information content (AvgIpc) is 3.05. The van der Waals surface area contributed by atoms with Gasteiger partial charge in [0, 0.05) is 22.3 Å². The van der Waals surface area contributed by atoms with Gasteiger partial charge in [-0.25, -0.2) is 15.0 Å². The van der Waals surface area contributed by atoms with E-state index in [0.717, 1.165) is 44.3 Å². The number of aromatic nitrogens is 3. The minimum Gasteiger partial charge on any atom is -0.298 e. The predicted octanol–water partition coefficient (Wildman–Crippen LogP) is 7.89. The van der Waals surface area contributed by atoms with Crippen molar-refractivity contribution in [1.29, 1.82) is 5.41 Å². The normalized spacial score (nSPS) is 13.4. The van der Waals surface area contributed by atoms with Gasteiger partial charge in [0.1, 0.15) is 5.71 Å². The maximum absolute atomic E-state index is 8.99. The molecule has 7 rings (SSSR count). The number of nitrogens with zero attached hydrogens (tertiary/aromatic N) is 4. The zero-order chi connectivity index (χ0) is 27.6. The summed E-state index contributed by atoms with van der Waals surface area (Å²) in [7, 11) is 0. The van der Waals surface area contributed by atoms with E-state index in [0.29, 0.717) is 28.9 Å². The molecule has 0 unspecified atom stereocenters. The third-order valence-electron chi connectivity index (χ3n) is 7.02. The third kappa shape index (κ3) is 4.79. The number of hydrogen-bond acceptors (Lipinski definition) is 6. The van der Waals surface area contributed by atoms with Crippen LogP contribution < -0.4 is 5.43 Å². The van der Waals surface area contributed by atoms with Gasteiger partial charge in [-0.05, 0) is 40.6 Å². The van der Waals surface area contributed by atoms with Crippen LogP contribution in [0.25, 0.3) is 51.0 Å². The molecule has 0 radical (unpaired) electrons. The van der Waals surface area contributed by atoms with Crippen molar-refractivity contribution in [2.45, 2.75) is 0 Å². The molecule has 5 aromatic carbocycles. The Morgan fingerprint density at radius 1 is 0.561 bits per heavy atom. The highest BCUT2D eigenvalue weighted by molar-refractivity contribution is 6.55. The van der Waals surface area contributed by atoms with Gasteiger partial charge in [-0.2, -0.15) is 5.10 Å². The lowest BCUT2D eigenvalue weighted by Gasteiger charge is -2.17. The fraction of sp³-hybridized carbons (Fsp3) is 0. The molecule has 0 atom stereocenters. The molecule has 41 heavy (non-hydrogen) atoms. The minimum atomic E-state index is 0.377. The van der Waals surface area contributed by atoms with Crippen molar-refractivity contribution in [3.8, 4) is 34.2 Å². The minimum absolute atomic E-state index is 0.377. The van der Waals surface area contributed by atoms with E-state index in [4.69, 9.17) is 20.4 Å². The zero-order valence-electron chi connectivity index (χ0n) is 22.0. The van der Waals surface area contributed by atoms with Crippen LogP contribution in [-0.2, 0) is 0 Å². The quantitative estimate of drug-likeness (QED) is 0.223. The van der Waals surface area contributed by atoms with Crippen molar-refractivity contribution in [2.75, 3.05) is 5.43 Å². The Bertz CT molecular complexity index is 1910. The van der Waals surface area contributed by atoms with E-state index in [-0.39, 0.29) is 0 Å². The number of fused-ring (bicyclic) bond motifs is 3. The number of anilines is 1. The van der Waals surface area contributed by atoms with Crippen molar-refractivity contribution in [3.05, 3.63) is 139 Å². The second-order valence-corrected chi connectivity index (χ2v) is 9.69. The molecule has 1 aliphatic rings. The molecule has 6 nitrogen and oxygen atoms in total. The summed E-state index contributed by atoms with van der Waals surface area (Å²) < 4.78 is 0. The van der Waals surface area contributed by atoms with Crippen LogP contribution in [0.3, 0.4) is 0 Å². The lowest BCUT2D eigenvalue weighted by Crippen LogP contribution is -2.18. The van der Waals surface area contributed by atoms with Crippen molar-refractivity contribution < 1.29 is 0 Å². The second kappa shape index (κ2) is 10.4. The van der Waals surface area contributed by atoms with E-state index in [1.54, 1.807) is 0 Å². The summed E-state index contributed by atoms with van der Waals surface area (Å²) in [4.78, 5) is 14.5. The standard InChI is InChI=1S/C35H24N6/c36-32-30(41-40-28-14-8-3-9-15-28)21-19-23-16-17-26-22-27(18-20-29(26)31(23)32)35-38-33(24-10-4-1-5-11-24)37-34(39-35)25-12-6-2-7-13-25/h1-22,36,40H/b36-32?,41-30-. The van der Waals surface area contributed by atoms with Crippen LogP contribution >= 0.6 is 0 Å². The van der Waals surface area contributed by atoms with Crippen LogP contribution in [0.1, 0.15) is 11.1 Å². The van der Waals surface area contributed by atoms with Crippen LogP contribution in [0.5, 0.6) is 0 Å². The third-order valence-corrected chi connectivity index (χ3v) is 7.02. The van der Waals surface area contributed by atoms with Crippen LogP contribution in [0.2, 0.25) is 0 Å². The first kappa shape index (κ1) is 24.3. The van der Waals surface area contributed by atoms with Gasteiger partial charge < -0.3 is 0 Å². The lowest BCUT2D eigenvalue weighted by atomic mass is 9.89. The molecule has 194 valence electrons. The maximum atomic E-state index is 8.99. The van der Waals surface area contributed by atoms with Crippen molar-refractivity contribution in [2.24, 2.45) is 5.10 Å². The Hall–Kier alpha value is -5.75. The molecule has 6 aromatic rings. The average molecular weight is 529 g/mol. The Kier molecular flexibility index (Phi) is 6.18. The first-order valence-corrected chi connectivity index (χ1v) is 13.3. The Balaban J connectivity index is 1.30. The molecule has 0 amide bonds. The van der Waals surface area contributed by atoms with Crippen molar-refractivity contribution in [3.63, 3.8) is 0 Å². The molecule has 0 spiro atoms. The summed E-state index contributed by atoms with van der Waals surface area (Å²) in [5.74, 6) is 1.85. The molecule has 0 bridgehead atoms. The number of nitrogens with one attached hydrogen (secondary N) is 2. The molecule has 1 aromatic heterocycles. The topological polar surface area (TPSA) is 86.9 Å². The molecule has 0 saturated carbocycles. The largest absolute Gasteiger partial charge is 0.298 e. The second-order valence-electron chi connectivity index (χ2n) is 9.69. The summed E-state index contributed by atoms with van der Waals surface area (Å²) in [6, 6.07) is 39.9. The molecule has 1 heterocycles. The van der Waals surface area contributed by atoms with E-state index >= 15 is 0 Å². The first-order valence-electron chi connectivity index (χ1n) is 13.3. The lowest BCUT2D eigenvalue weighted by molar-refractivity contribution is 1.07. The molecule has 0 aliphatic heterocycles. The SMILES string of the molecule is N=C1/C(=N\Nc2ccccc2)C=Cc2ccc3cc(-c4nc(-c5ccccc5)nc(-c5ccccc5)n4)ccc3c21. The smallest absolute Gasteiger partial charge is 0.164 e. The monoisotopic (exact) mass is 528 g/mol. The van der Waals surface area contributed by atoms with E-state index in [2.05, 4.69) is 22.7 Å². The van der Waals surface area contributed by atoms with Crippen molar-refractivity contribution in [1.82, 2.24) is 15.0 Å². The number of hydrogen-bond donors (Lipinski definition) is 2. The molecular formula is C35H24N6.